The molecule has 7 heavy (non-hydrogen) atoms. The van der Waals surface area contributed by atoms with Gasteiger partial charge in [-0.05, 0) is 6.42 Å². The van der Waals surface area contributed by atoms with Gasteiger partial charge in [-0.25, -0.2) is 0 Å². The van der Waals surface area contributed by atoms with Crippen LogP contribution in [0.15, 0.2) is 0 Å². The van der Waals surface area contributed by atoms with Gasteiger partial charge in [-0.15, -0.1) is 5.73 Å². The summed E-state index contributed by atoms with van der Waals surface area (Å²) in [5.41, 5.74) is 8.07. The molecule has 42 valence electrons. The highest BCUT2D eigenvalue weighted by atomic mass is 16.5. The summed E-state index contributed by atoms with van der Waals surface area (Å²) in [6.07, 6.45) is 2.17. The van der Waals surface area contributed by atoms with E-state index in [2.05, 4.69) is 11.7 Å². The average molecular weight is 101 g/mol. The lowest BCUT2D eigenvalue weighted by Crippen LogP contribution is -1.95. The number of nitrogens with zero attached hydrogens (tertiary/aromatic N) is 1. The molecule has 0 saturated carbocycles. The maximum absolute atomic E-state index is 8.07. The van der Waals surface area contributed by atoms with E-state index in [0.717, 1.165) is 12.8 Å². The number of ether oxygens (including phenoxy) is 1. The van der Waals surface area contributed by atoms with Crippen molar-refractivity contribution in [3.63, 3.8) is 0 Å². The van der Waals surface area contributed by atoms with Crippen molar-refractivity contribution in [2.75, 3.05) is 13.3 Å². The van der Waals surface area contributed by atoms with Crippen molar-refractivity contribution in [1.82, 2.24) is 5.73 Å². The Balaban J connectivity index is 2.45. The highest BCUT2D eigenvalue weighted by Crippen LogP contribution is 1.84. The summed E-state index contributed by atoms with van der Waals surface area (Å²) in [4.78, 5) is 0. The summed E-state index contributed by atoms with van der Waals surface area (Å²) < 4.78 is 4.63. The van der Waals surface area contributed by atoms with E-state index in [1.807, 2.05) is 0 Å². The predicted molar refractivity (Wildman–Crippen MR) is 27.9 cm³/mol. The van der Waals surface area contributed by atoms with Gasteiger partial charge in [0.25, 0.3) is 0 Å². The van der Waals surface area contributed by atoms with Gasteiger partial charge in [-0.3, -0.25) is 0 Å². The van der Waals surface area contributed by atoms with E-state index in [9.17, 15) is 0 Å². The molecule has 0 N–H and O–H groups in total. The molecule has 2 heteroatoms. The second-order valence-corrected chi connectivity index (χ2v) is 1.39. The first-order valence-electron chi connectivity index (χ1n) is 2.60. The molecule has 0 aliphatic rings. The lowest BCUT2D eigenvalue weighted by molar-refractivity contribution is 0.134. The van der Waals surface area contributed by atoms with E-state index < -0.39 is 0 Å². The maximum Gasteiger partial charge on any atom is 0.130 e. The third kappa shape index (κ3) is 5.92. The van der Waals surface area contributed by atoms with Crippen molar-refractivity contribution >= 4 is 0 Å². The Morgan fingerprint density at radius 3 is 2.71 bits per heavy atom. The monoisotopic (exact) mass is 101 g/mol. The molecule has 0 amide bonds. The molecule has 2 nitrogen and oxygen atoms in total. The SMILES string of the molecule is CCCCOC[N]. The van der Waals surface area contributed by atoms with Crippen LogP contribution in [-0.2, 0) is 4.74 Å². The van der Waals surface area contributed by atoms with Crippen LogP contribution < -0.4 is 5.73 Å². The fourth-order valence-corrected chi connectivity index (χ4v) is 0.311. The molecular formula is C5H11NO. The summed E-state index contributed by atoms with van der Waals surface area (Å²) >= 11 is 0. The normalized spacial score (nSPS) is 9.43. The molecule has 0 aliphatic heterocycles. The van der Waals surface area contributed by atoms with Crippen molar-refractivity contribution in [2.45, 2.75) is 19.8 Å². The number of rotatable bonds is 4. The first kappa shape index (κ1) is 6.92. The van der Waals surface area contributed by atoms with Crippen LogP contribution in [-0.4, -0.2) is 13.3 Å². The minimum Gasteiger partial charge on any atom is -0.363 e. The average Bonchev–Trinajstić information content (AvgIpc) is 1.69. The van der Waals surface area contributed by atoms with E-state index in [4.69, 9.17) is 5.73 Å². The zero-order chi connectivity index (χ0) is 5.54. The van der Waals surface area contributed by atoms with Gasteiger partial charge >= 0.3 is 0 Å². The van der Waals surface area contributed by atoms with E-state index in [1.165, 1.54) is 0 Å². The molecule has 0 aliphatic carbocycles. The van der Waals surface area contributed by atoms with Crippen LogP contribution in [0.3, 0.4) is 0 Å². The van der Waals surface area contributed by atoms with Gasteiger partial charge in [0.2, 0.25) is 0 Å². The molecule has 2 radical (unpaired) electrons. The van der Waals surface area contributed by atoms with Gasteiger partial charge < -0.3 is 4.74 Å². The zero-order valence-corrected chi connectivity index (χ0v) is 4.68. The van der Waals surface area contributed by atoms with Crippen molar-refractivity contribution in [2.24, 2.45) is 0 Å². The highest BCUT2D eigenvalue weighted by Gasteiger charge is 1.79. The van der Waals surface area contributed by atoms with Crippen molar-refractivity contribution in [3.05, 3.63) is 0 Å². The van der Waals surface area contributed by atoms with Crippen LogP contribution in [0, 0.1) is 0 Å². The third-order valence-corrected chi connectivity index (χ3v) is 0.734. The van der Waals surface area contributed by atoms with Crippen molar-refractivity contribution < 1.29 is 4.74 Å². The van der Waals surface area contributed by atoms with Crippen LogP contribution in [0.5, 0.6) is 0 Å². The lowest BCUT2D eigenvalue weighted by Gasteiger charge is -1.93. The summed E-state index contributed by atoms with van der Waals surface area (Å²) in [5, 5.41) is 0. The fraction of sp³-hybridized carbons (Fsp3) is 1.00. The Morgan fingerprint density at radius 1 is 1.57 bits per heavy atom. The number of hydrogen-bond donors (Lipinski definition) is 0. The molecular weight excluding hydrogens is 90.1 g/mol. The van der Waals surface area contributed by atoms with Gasteiger partial charge in [0.15, 0.2) is 0 Å². The van der Waals surface area contributed by atoms with Gasteiger partial charge in [0, 0.05) is 6.61 Å². The highest BCUT2D eigenvalue weighted by molar-refractivity contribution is 4.27. The molecule has 0 rings (SSSR count). The standard InChI is InChI=1S/C5H11NO/c1-2-3-4-7-5-6/h2-5H2,1H3. The Bertz CT molecular complexity index is 27.3. The van der Waals surface area contributed by atoms with E-state index in [-0.39, 0.29) is 6.73 Å². The van der Waals surface area contributed by atoms with Crippen LogP contribution >= 0.6 is 0 Å². The maximum atomic E-state index is 8.07. The molecule has 0 aromatic carbocycles. The third-order valence-electron chi connectivity index (χ3n) is 0.734. The van der Waals surface area contributed by atoms with Crippen molar-refractivity contribution in [3.8, 4) is 0 Å². The number of unbranched alkanes of at least 4 members (excludes halogenated alkanes) is 1. The predicted octanol–water partition coefficient (Wildman–Crippen LogP) is 0.829. The molecule has 0 aromatic heterocycles. The molecule has 0 unspecified atom stereocenters. The summed E-state index contributed by atoms with van der Waals surface area (Å²) in [5.74, 6) is 0. The second-order valence-electron chi connectivity index (χ2n) is 1.39. The fourth-order valence-electron chi connectivity index (χ4n) is 0.311. The summed E-state index contributed by atoms with van der Waals surface area (Å²) in [7, 11) is 0. The minimum atomic E-state index is -0.139. The van der Waals surface area contributed by atoms with Gasteiger partial charge in [0.1, 0.15) is 6.73 Å². The summed E-state index contributed by atoms with van der Waals surface area (Å²) in [6, 6.07) is 0. The molecule has 0 bridgehead atoms. The van der Waals surface area contributed by atoms with Crippen LogP contribution in [0.4, 0.5) is 0 Å². The van der Waals surface area contributed by atoms with E-state index in [0.29, 0.717) is 6.61 Å². The molecule has 0 aromatic rings. The van der Waals surface area contributed by atoms with Gasteiger partial charge in [-0.1, -0.05) is 13.3 Å². The first-order valence-corrected chi connectivity index (χ1v) is 2.60. The van der Waals surface area contributed by atoms with E-state index in [1.54, 1.807) is 0 Å². The molecule has 0 saturated heterocycles. The molecule has 0 spiro atoms. The first-order chi connectivity index (χ1) is 3.41. The van der Waals surface area contributed by atoms with E-state index >= 15 is 0 Å². The molecule has 0 fully saturated rings. The van der Waals surface area contributed by atoms with Crippen LogP contribution in [0.1, 0.15) is 19.8 Å². The molecule has 0 atom stereocenters. The topological polar surface area (TPSA) is 31.5 Å². The molecule has 0 heterocycles. The minimum absolute atomic E-state index is 0.139. The van der Waals surface area contributed by atoms with Gasteiger partial charge in [-0.2, -0.15) is 0 Å². The lowest BCUT2D eigenvalue weighted by atomic mass is 10.4. The number of hydrogen-bond acceptors (Lipinski definition) is 1. The van der Waals surface area contributed by atoms with Gasteiger partial charge in [0.05, 0.1) is 0 Å². The summed E-state index contributed by atoms with van der Waals surface area (Å²) in [6.45, 7) is 2.63. The van der Waals surface area contributed by atoms with Crippen LogP contribution in [0.2, 0.25) is 0 Å². The Morgan fingerprint density at radius 2 is 2.29 bits per heavy atom. The second kappa shape index (κ2) is 5.92. The quantitative estimate of drug-likeness (QED) is 0.482. The Hall–Kier alpha value is -0.0800. The zero-order valence-electron chi connectivity index (χ0n) is 4.68. The largest absolute Gasteiger partial charge is 0.363 e. The van der Waals surface area contributed by atoms with Crippen LogP contribution in [0.25, 0.3) is 0 Å². The smallest absolute Gasteiger partial charge is 0.130 e. The Kier molecular flexibility index (Phi) is 5.85. The van der Waals surface area contributed by atoms with Crippen molar-refractivity contribution in [1.29, 1.82) is 0 Å². The Labute approximate surface area is 44.7 Å².